The molecule has 2 aliphatic heterocycles. The summed E-state index contributed by atoms with van der Waals surface area (Å²) >= 11 is 1.61. The topological polar surface area (TPSA) is 23.6 Å². The van der Waals surface area contributed by atoms with Gasteiger partial charge in [0.15, 0.2) is 0 Å². The van der Waals surface area contributed by atoms with E-state index in [-0.39, 0.29) is 5.91 Å². The SMILES string of the molecule is O=C(c1ccsc1)N1CCC[C@@H]2CN(C/C=C/c3ccccc3)CC[C@H]21. The van der Waals surface area contributed by atoms with Gasteiger partial charge in [0.25, 0.3) is 5.91 Å². The first kappa shape index (κ1) is 17.5. The summed E-state index contributed by atoms with van der Waals surface area (Å²) < 4.78 is 0. The van der Waals surface area contributed by atoms with Crippen LogP contribution in [0.15, 0.2) is 53.2 Å². The number of fused-ring (bicyclic) bond motifs is 1. The van der Waals surface area contributed by atoms with Crippen LogP contribution in [-0.2, 0) is 0 Å². The van der Waals surface area contributed by atoms with Crippen molar-refractivity contribution in [2.24, 2.45) is 5.92 Å². The average molecular weight is 367 g/mol. The lowest BCUT2D eigenvalue weighted by Gasteiger charge is -2.47. The number of carbonyl (C=O) groups excluding carboxylic acids is 1. The summed E-state index contributed by atoms with van der Waals surface area (Å²) in [4.78, 5) is 17.5. The van der Waals surface area contributed by atoms with Gasteiger partial charge in [0.05, 0.1) is 5.56 Å². The van der Waals surface area contributed by atoms with Crippen LogP contribution in [0.5, 0.6) is 0 Å². The second-order valence-corrected chi connectivity index (χ2v) is 8.12. The highest BCUT2D eigenvalue weighted by Gasteiger charge is 2.38. The molecular formula is C22H26N2OS. The Balaban J connectivity index is 1.35. The first-order valence-corrected chi connectivity index (χ1v) is 10.5. The number of carbonyl (C=O) groups is 1. The molecule has 2 saturated heterocycles. The van der Waals surface area contributed by atoms with Crippen molar-refractivity contribution in [2.75, 3.05) is 26.2 Å². The van der Waals surface area contributed by atoms with Gasteiger partial charge in [0, 0.05) is 37.6 Å². The Bertz CT molecular complexity index is 741. The molecule has 0 radical (unpaired) electrons. The van der Waals surface area contributed by atoms with Gasteiger partial charge in [-0.3, -0.25) is 9.69 Å². The second kappa shape index (κ2) is 8.19. The van der Waals surface area contributed by atoms with E-state index in [1.165, 1.54) is 12.0 Å². The molecule has 4 rings (SSSR count). The van der Waals surface area contributed by atoms with Gasteiger partial charge in [0.1, 0.15) is 0 Å². The van der Waals surface area contributed by atoms with Crippen LogP contribution in [0.4, 0.5) is 0 Å². The maximum Gasteiger partial charge on any atom is 0.254 e. The highest BCUT2D eigenvalue weighted by Crippen LogP contribution is 2.31. The molecule has 0 spiro atoms. The number of likely N-dealkylation sites (tertiary alicyclic amines) is 2. The van der Waals surface area contributed by atoms with Gasteiger partial charge in [-0.05, 0) is 42.2 Å². The van der Waals surface area contributed by atoms with Gasteiger partial charge in [0.2, 0.25) is 0 Å². The minimum atomic E-state index is 0.235. The van der Waals surface area contributed by atoms with Gasteiger partial charge < -0.3 is 4.90 Å². The molecule has 0 aliphatic carbocycles. The largest absolute Gasteiger partial charge is 0.335 e. The van der Waals surface area contributed by atoms with Crippen molar-refractivity contribution in [2.45, 2.75) is 25.3 Å². The molecule has 26 heavy (non-hydrogen) atoms. The van der Waals surface area contributed by atoms with E-state index >= 15 is 0 Å². The molecule has 2 atom stereocenters. The smallest absolute Gasteiger partial charge is 0.254 e. The van der Waals surface area contributed by atoms with Crippen molar-refractivity contribution in [3.63, 3.8) is 0 Å². The minimum Gasteiger partial charge on any atom is -0.335 e. The normalized spacial score (nSPS) is 23.9. The first-order chi connectivity index (χ1) is 12.8. The van der Waals surface area contributed by atoms with E-state index in [1.54, 1.807) is 11.3 Å². The van der Waals surface area contributed by atoms with Gasteiger partial charge in [-0.2, -0.15) is 11.3 Å². The van der Waals surface area contributed by atoms with Crippen molar-refractivity contribution >= 4 is 23.3 Å². The van der Waals surface area contributed by atoms with E-state index in [2.05, 4.69) is 46.2 Å². The lowest BCUT2D eigenvalue weighted by atomic mass is 9.83. The van der Waals surface area contributed by atoms with Gasteiger partial charge in [-0.1, -0.05) is 42.5 Å². The summed E-state index contributed by atoms with van der Waals surface area (Å²) in [5.41, 5.74) is 2.12. The van der Waals surface area contributed by atoms with Crippen molar-refractivity contribution in [3.8, 4) is 0 Å². The fourth-order valence-corrected chi connectivity index (χ4v) is 4.98. The third-order valence-corrected chi connectivity index (χ3v) is 6.34. The lowest BCUT2D eigenvalue weighted by Crippen LogP contribution is -2.55. The van der Waals surface area contributed by atoms with Crippen LogP contribution in [0, 0.1) is 5.92 Å². The molecule has 0 saturated carbocycles. The summed E-state index contributed by atoms with van der Waals surface area (Å²) in [7, 11) is 0. The van der Waals surface area contributed by atoms with Crippen molar-refractivity contribution in [1.82, 2.24) is 9.80 Å². The van der Waals surface area contributed by atoms with Gasteiger partial charge in [-0.15, -0.1) is 0 Å². The summed E-state index contributed by atoms with van der Waals surface area (Å²) in [6.07, 6.45) is 7.95. The number of benzene rings is 1. The maximum absolute atomic E-state index is 12.8. The Morgan fingerprint density at radius 3 is 2.85 bits per heavy atom. The Morgan fingerprint density at radius 2 is 2.04 bits per heavy atom. The Hall–Kier alpha value is -1.91. The average Bonchev–Trinajstić information content (AvgIpc) is 3.22. The molecule has 0 bridgehead atoms. The number of thiophene rings is 1. The maximum atomic E-state index is 12.8. The minimum absolute atomic E-state index is 0.235. The lowest BCUT2D eigenvalue weighted by molar-refractivity contribution is 0.0227. The standard InChI is InChI=1S/C22H26N2OS/c25-22(20-11-15-26-17-20)24-13-5-9-19-16-23(14-10-21(19)24)12-4-8-18-6-2-1-3-7-18/h1-4,6-8,11,15,17,19,21H,5,9-10,12-14,16H2/b8-4+/t19-,21-/m1/s1. The molecule has 3 nitrogen and oxygen atoms in total. The molecule has 2 fully saturated rings. The molecular weight excluding hydrogens is 340 g/mol. The summed E-state index contributed by atoms with van der Waals surface area (Å²) in [5, 5.41) is 3.98. The number of hydrogen-bond acceptors (Lipinski definition) is 3. The number of hydrogen-bond donors (Lipinski definition) is 0. The zero-order valence-electron chi connectivity index (χ0n) is 15.1. The van der Waals surface area contributed by atoms with E-state index < -0.39 is 0 Å². The number of nitrogens with zero attached hydrogens (tertiary/aromatic N) is 2. The number of piperidine rings is 2. The van der Waals surface area contributed by atoms with Crippen LogP contribution in [0.3, 0.4) is 0 Å². The van der Waals surface area contributed by atoms with Crippen LogP contribution in [0.25, 0.3) is 6.08 Å². The van der Waals surface area contributed by atoms with Crippen LogP contribution in [-0.4, -0.2) is 47.9 Å². The van der Waals surface area contributed by atoms with Gasteiger partial charge in [-0.25, -0.2) is 0 Å². The van der Waals surface area contributed by atoms with Crippen molar-refractivity contribution in [1.29, 1.82) is 0 Å². The van der Waals surface area contributed by atoms with Crippen LogP contribution in [0.1, 0.15) is 35.2 Å². The third-order valence-electron chi connectivity index (χ3n) is 5.65. The predicted octanol–water partition coefficient (Wildman–Crippen LogP) is 4.39. The van der Waals surface area contributed by atoms with Crippen LogP contribution >= 0.6 is 11.3 Å². The zero-order chi connectivity index (χ0) is 17.8. The third kappa shape index (κ3) is 3.92. The summed E-state index contributed by atoms with van der Waals surface area (Å²) in [6, 6.07) is 12.9. The molecule has 3 heterocycles. The van der Waals surface area contributed by atoms with E-state index in [0.29, 0.717) is 12.0 Å². The molecule has 2 aromatic rings. The molecule has 4 heteroatoms. The summed E-state index contributed by atoms with van der Waals surface area (Å²) in [6.45, 7) is 4.10. The summed E-state index contributed by atoms with van der Waals surface area (Å²) in [5.74, 6) is 0.851. The second-order valence-electron chi connectivity index (χ2n) is 7.34. The molecule has 2 aliphatic rings. The monoisotopic (exact) mass is 366 g/mol. The highest BCUT2D eigenvalue weighted by molar-refractivity contribution is 7.08. The fourth-order valence-electron chi connectivity index (χ4n) is 4.35. The van der Waals surface area contributed by atoms with E-state index in [1.807, 2.05) is 22.9 Å². The fraction of sp³-hybridized carbons (Fsp3) is 0.409. The molecule has 0 N–H and O–H groups in total. The van der Waals surface area contributed by atoms with Crippen LogP contribution < -0.4 is 0 Å². The Kier molecular flexibility index (Phi) is 5.51. The quantitative estimate of drug-likeness (QED) is 0.801. The zero-order valence-corrected chi connectivity index (χ0v) is 15.9. The predicted molar refractivity (Wildman–Crippen MR) is 108 cm³/mol. The molecule has 1 aromatic carbocycles. The van der Waals surface area contributed by atoms with E-state index in [0.717, 1.165) is 44.6 Å². The van der Waals surface area contributed by atoms with Crippen molar-refractivity contribution < 1.29 is 4.79 Å². The molecule has 1 aromatic heterocycles. The van der Waals surface area contributed by atoms with E-state index in [9.17, 15) is 4.79 Å². The van der Waals surface area contributed by atoms with Crippen molar-refractivity contribution in [3.05, 3.63) is 64.4 Å². The van der Waals surface area contributed by atoms with E-state index in [4.69, 9.17) is 0 Å². The van der Waals surface area contributed by atoms with Gasteiger partial charge >= 0.3 is 0 Å². The molecule has 0 unspecified atom stereocenters. The Morgan fingerprint density at radius 1 is 1.15 bits per heavy atom. The van der Waals surface area contributed by atoms with Crippen LogP contribution in [0.2, 0.25) is 0 Å². The number of amides is 1. The number of rotatable bonds is 4. The first-order valence-electron chi connectivity index (χ1n) is 9.58. The molecule has 1 amide bonds. The Labute approximate surface area is 159 Å². The highest BCUT2D eigenvalue weighted by atomic mass is 32.1. The molecule has 136 valence electrons.